The molecule has 0 aromatic carbocycles. The number of piperidine rings is 1. The highest BCUT2D eigenvalue weighted by Crippen LogP contribution is 2.17. The van der Waals surface area contributed by atoms with Gasteiger partial charge >= 0.3 is 0 Å². The number of nitrogens with one attached hydrogen (secondary N) is 2. The fourth-order valence-corrected chi connectivity index (χ4v) is 2.67. The molecule has 0 spiro atoms. The average molecular weight is 328 g/mol. The number of amides is 1. The molecule has 1 rings (SSSR count). The lowest BCUT2D eigenvalue weighted by Crippen LogP contribution is -2.51. The Morgan fingerprint density at radius 3 is 2.20 bits per heavy atom. The van der Waals surface area contributed by atoms with Crippen LogP contribution in [-0.2, 0) is 4.79 Å². The Labute approximate surface area is 136 Å². The summed E-state index contributed by atoms with van der Waals surface area (Å²) in [7, 11) is 1.94. The van der Waals surface area contributed by atoms with E-state index in [0.717, 1.165) is 32.6 Å². The fourth-order valence-electron chi connectivity index (χ4n) is 2.67. The lowest BCUT2D eigenvalue weighted by Gasteiger charge is -2.35. The van der Waals surface area contributed by atoms with Gasteiger partial charge in [0.05, 0.1) is 6.04 Å². The minimum Gasteiger partial charge on any atom is -0.355 e. The molecule has 4 nitrogen and oxygen atoms in total. The summed E-state index contributed by atoms with van der Waals surface area (Å²) in [6, 6.07) is 0.0554. The molecule has 122 valence electrons. The summed E-state index contributed by atoms with van der Waals surface area (Å²) >= 11 is 0. The van der Waals surface area contributed by atoms with Crippen molar-refractivity contribution in [1.29, 1.82) is 0 Å². The van der Waals surface area contributed by atoms with E-state index in [0.29, 0.717) is 5.92 Å². The van der Waals surface area contributed by atoms with Crippen LogP contribution in [0.1, 0.15) is 39.5 Å². The van der Waals surface area contributed by atoms with E-state index in [-0.39, 0.29) is 36.8 Å². The van der Waals surface area contributed by atoms with Crippen molar-refractivity contribution in [3.8, 4) is 0 Å². The third-order valence-corrected chi connectivity index (χ3v) is 3.59. The summed E-state index contributed by atoms with van der Waals surface area (Å²) in [6.07, 6.45) is 4.77. The molecular weight excluding hydrogens is 297 g/mol. The van der Waals surface area contributed by atoms with Gasteiger partial charge in [0.15, 0.2) is 0 Å². The zero-order valence-electron chi connectivity index (χ0n) is 13.0. The Morgan fingerprint density at radius 1 is 1.10 bits per heavy atom. The average Bonchev–Trinajstić information content (AvgIpc) is 2.36. The van der Waals surface area contributed by atoms with Crippen molar-refractivity contribution in [2.45, 2.75) is 45.6 Å². The summed E-state index contributed by atoms with van der Waals surface area (Å²) in [4.78, 5) is 14.6. The van der Waals surface area contributed by atoms with Crippen molar-refractivity contribution < 1.29 is 4.79 Å². The largest absolute Gasteiger partial charge is 0.355 e. The monoisotopic (exact) mass is 327 g/mol. The van der Waals surface area contributed by atoms with Crippen molar-refractivity contribution in [3.05, 3.63) is 0 Å². The predicted molar refractivity (Wildman–Crippen MR) is 90.1 cm³/mol. The smallest absolute Gasteiger partial charge is 0.237 e. The second kappa shape index (κ2) is 12.7. The summed E-state index contributed by atoms with van der Waals surface area (Å²) in [5.74, 6) is 0.593. The SMILES string of the molecule is CNCCCNC(=O)C(C(C)C)N1CCCCC1.Cl.Cl. The van der Waals surface area contributed by atoms with Crippen LogP contribution < -0.4 is 10.6 Å². The highest BCUT2D eigenvalue weighted by molar-refractivity contribution is 5.85. The topological polar surface area (TPSA) is 44.4 Å². The maximum atomic E-state index is 12.3. The predicted octanol–water partition coefficient (Wildman–Crippen LogP) is 2.07. The zero-order chi connectivity index (χ0) is 13.4. The lowest BCUT2D eigenvalue weighted by atomic mass is 9.98. The van der Waals surface area contributed by atoms with Gasteiger partial charge in [0.1, 0.15) is 0 Å². The second-order valence-electron chi connectivity index (χ2n) is 5.53. The zero-order valence-corrected chi connectivity index (χ0v) is 14.6. The quantitative estimate of drug-likeness (QED) is 0.703. The van der Waals surface area contributed by atoms with Gasteiger partial charge in [-0.1, -0.05) is 20.3 Å². The van der Waals surface area contributed by atoms with E-state index in [2.05, 4.69) is 29.4 Å². The molecule has 1 amide bonds. The first kappa shape index (κ1) is 22.3. The van der Waals surface area contributed by atoms with Crippen LogP contribution in [0.2, 0.25) is 0 Å². The molecule has 20 heavy (non-hydrogen) atoms. The first-order chi connectivity index (χ1) is 8.66. The van der Waals surface area contributed by atoms with E-state index < -0.39 is 0 Å². The number of hydrogen-bond acceptors (Lipinski definition) is 3. The standard InChI is InChI=1S/C14H29N3O.2ClH/c1-12(2)13(17-10-5-4-6-11-17)14(18)16-9-7-8-15-3;;/h12-13,15H,4-11H2,1-3H3,(H,16,18);2*1H. The van der Waals surface area contributed by atoms with Gasteiger partial charge in [-0.25, -0.2) is 0 Å². The molecule has 1 aliphatic rings. The molecular formula is C14H31Cl2N3O. The molecule has 2 N–H and O–H groups in total. The van der Waals surface area contributed by atoms with E-state index in [1.165, 1.54) is 19.3 Å². The first-order valence-corrected chi connectivity index (χ1v) is 7.33. The van der Waals surface area contributed by atoms with Gasteiger partial charge < -0.3 is 10.6 Å². The molecule has 1 unspecified atom stereocenters. The van der Waals surface area contributed by atoms with Crippen molar-refractivity contribution in [2.75, 3.05) is 33.2 Å². The van der Waals surface area contributed by atoms with Crippen molar-refractivity contribution >= 4 is 30.7 Å². The summed E-state index contributed by atoms with van der Waals surface area (Å²) in [5, 5.41) is 6.17. The van der Waals surface area contributed by atoms with Gasteiger partial charge in [0, 0.05) is 6.54 Å². The van der Waals surface area contributed by atoms with E-state index in [9.17, 15) is 4.79 Å². The van der Waals surface area contributed by atoms with Crippen LogP contribution in [0.4, 0.5) is 0 Å². The molecule has 1 aliphatic heterocycles. The first-order valence-electron chi connectivity index (χ1n) is 7.33. The molecule has 0 aliphatic carbocycles. The molecule has 6 heteroatoms. The van der Waals surface area contributed by atoms with Crippen LogP contribution in [0.5, 0.6) is 0 Å². The van der Waals surface area contributed by atoms with Crippen LogP contribution in [0.3, 0.4) is 0 Å². The Morgan fingerprint density at radius 2 is 1.70 bits per heavy atom. The van der Waals surface area contributed by atoms with Gasteiger partial charge in [0.25, 0.3) is 0 Å². The van der Waals surface area contributed by atoms with E-state index in [1.807, 2.05) is 7.05 Å². The Bertz CT molecular complexity index is 247. The molecule has 1 heterocycles. The normalized spacial score (nSPS) is 17.0. The van der Waals surface area contributed by atoms with Crippen LogP contribution in [0.15, 0.2) is 0 Å². The Kier molecular flexibility index (Phi) is 14.1. The minimum absolute atomic E-state index is 0. The third kappa shape index (κ3) is 7.67. The molecule has 0 saturated carbocycles. The van der Waals surface area contributed by atoms with Crippen molar-refractivity contribution in [3.63, 3.8) is 0 Å². The Hall–Kier alpha value is -0.0300. The molecule has 1 saturated heterocycles. The van der Waals surface area contributed by atoms with Crippen LogP contribution in [-0.4, -0.2) is 50.1 Å². The van der Waals surface area contributed by atoms with E-state index in [1.54, 1.807) is 0 Å². The number of hydrogen-bond donors (Lipinski definition) is 2. The molecule has 1 fully saturated rings. The maximum absolute atomic E-state index is 12.3. The van der Waals surface area contributed by atoms with Gasteiger partial charge in [0.2, 0.25) is 5.91 Å². The number of likely N-dealkylation sites (tertiary alicyclic amines) is 1. The van der Waals surface area contributed by atoms with Crippen LogP contribution >= 0.6 is 24.8 Å². The van der Waals surface area contributed by atoms with E-state index >= 15 is 0 Å². The molecule has 0 radical (unpaired) electrons. The van der Waals surface area contributed by atoms with Crippen LogP contribution in [0, 0.1) is 5.92 Å². The minimum atomic E-state index is 0. The highest BCUT2D eigenvalue weighted by atomic mass is 35.5. The molecule has 0 aromatic heterocycles. The summed E-state index contributed by atoms with van der Waals surface area (Å²) in [5.41, 5.74) is 0. The van der Waals surface area contributed by atoms with Crippen molar-refractivity contribution in [2.24, 2.45) is 5.92 Å². The van der Waals surface area contributed by atoms with Gasteiger partial charge in [-0.2, -0.15) is 0 Å². The fraction of sp³-hybridized carbons (Fsp3) is 0.929. The van der Waals surface area contributed by atoms with Crippen molar-refractivity contribution in [1.82, 2.24) is 15.5 Å². The number of rotatable bonds is 7. The second-order valence-corrected chi connectivity index (χ2v) is 5.53. The number of carbonyl (C=O) groups is 1. The highest BCUT2D eigenvalue weighted by Gasteiger charge is 2.29. The van der Waals surface area contributed by atoms with Crippen LogP contribution in [0.25, 0.3) is 0 Å². The number of nitrogens with zero attached hydrogens (tertiary/aromatic N) is 1. The molecule has 1 atom stereocenters. The Balaban J connectivity index is 0. The molecule has 0 bridgehead atoms. The van der Waals surface area contributed by atoms with Gasteiger partial charge in [-0.05, 0) is 51.9 Å². The maximum Gasteiger partial charge on any atom is 0.237 e. The third-order valence-electron chi connectivity index (χ3n) is 3.59. The number of halogens is 2. The van der Waals surface area contributed by atoms with Gasteiger partial charge in [-0.3, -0.25) is 9.69 Å². The lowest BCUT2D eigenvalue weighted by molar-refractivity contribution is -0.128. The molecule has 0 aromatic rings. The number of carbonyl (C=O) groups excluding carboxylic acids is 1. The van der Waals surface area contributed by atoms with E-state index in [4.69, 9.17) is 0 Å². The summed E-state index contributed by atoms with van der Waals surface area (Å²) in [6.45, 7) is 8.17. The van der Waals surface area contributed by atoms with Gasteiger partial charge in [-0.15, -0.1) is 24.8 Å². The summed E-state index contributed by atoms with van der Waals surface area (Å²) < 4.78 is 0.